The molecule has 1 aromatic rings. The molecule has 0 aliphatic carbocycles. The van der Waals surface area contributed by atoms with E-state index in [1.54, 1.807) is 0 Å². The van der Waals surface area contributed by atoms with Crippen LogP contribution in [0.3, 0.4) is 0 Å². The van der Waals surface area contributed by atoms with Gasteiger partial charge in [-0.2, -0.15) is 11.8 Å². The molecule has 0 spiro atoms. The lowest BCUT2D eigenvalue weighted by atomic mass is 10.2. The van der Waals surface area contributed by atoms with E-state index in [-0.39, 0.29) is 0 Å². The molecule has 0 saturated heterocycles. The van der Waals surface area contributed by atoms with Crippen LogP contribution in [-0.2, 0) is 11.2 Å². The Morgan fingerprint density at radius 2 is 1.72 bits per heavy atom. The first-order valence-electron chi connectivity index (χ1n) is 7.13. The summed E-state index contributed by atoms with van der Waals surface area (Å²) < 4.78 is 5.60. The lowest BCUT2D eigenvalue weighted by Gasteiger charge is -2.04. The summed E-state index contributed by atoms with van der Waals surface area (Å²) in [5, 5.41) is 0. The average Bonchev–Trinajstić information content (AvgIpc) is 2.45. The maximum absolute atomic E-state index is 5.60. The molecule has 104 valence electrons. The summed E-state index contributed by atoms with van der Waals surface area (Å²) in [5.74, 6) is 2.52. The van der Waals surface area contributed by atoms with Crippen LogP contribution < -0.4 is 0 Å². The summed E-state index contributed by atoms with van der Waals surface area (Å²) in [6.45, 7) is 7.98. The van der Waals surface area contributed by atoms with E-state index in [4.69, 9.17) is 4.74 Å². The topological polar surface area (TPSA) is 9.23 Å². The van der Waals surface area contributed by atoms with Crippen molar-refractivity contribution in [2.45, 2.75) is 40.0 Å². The second kappa shape index (κ2) is 14.6. The Bertz CT molecular complexity index is 249. The summed E-state index contributed by atoms with van der Waals surface area (Å²) in [6, 6.07) is 10.5. The smallest absolute Gasteiger partial charge is 0.0506 e. The molecular weight excluding hydrogens is 240 g/mol. The highest BCUT2D eigenvalue weighted by molar-refractivity contribution is 7.99. The van der Waals surface area contributed by atoms with Crippen LogP contribution in [0.25, 0.3) is 0 Å². The summed E-state index contributed by atoms with van der Waals surface area (Å²) in [6.07, 6.45) is 3.49. The van der Waals surface area contributed by atoms with Crippen molar-refractivity contribution in [2.75, 3.05) is 24.7 Å². The highest BCUT2D eigenvalue weighted by Gasteiger charge is 1.93. The molecule has 1 nitrogen and oxygen atoms in total. The van der Waals surface area contributed by atoms with Crippen molar-refractivity contribution < 1.29 is 4.74 Å². The summed E-state index contributed by atoms with van der Waals surface area (Å²) in [7, 11) is 0. The lowest BCUT2D eigenvalue weighted by Crippen LogP contribution is -2.01. The zero-order valence-corrected chi connectivity index (χ0v) is 13.0. The van der Waals surface area contributed by atoms with Crippen LogP contribution in [0.4, 0.5) is 0 Å². The molecule has 0 saturated carbocycles. The highest BCUT2D eigenvalue weighted by Crippen LogP contribution is 2.04. The Kier molecular flexibility index (Phi) is 14.2. The van der Waals surface area contributed by atoms with Crippen LogP contribution in [-0.4, -0.2) is 24.7 Å². The first kappa shape index (κ1) is 17.5. The van der Waals surface area contributed by atoms with Crippen molar-refractivity contribution in [1.29, 1.82) is 0 Å². The molecule has 0 aliphatic rings. The van der Waals surface area contributed by atoms with Gasteiger partial charge in [0.25, 0.3) is 0 Å². The number of rotatable bonds is 9. The van der Waals surface area contributed by atoms with Gasteiger partial charge in [0.05, 0.1) is 6.61 Å². The third-order valence-corrected chi connectivity index (χ3v) is 3.58. The molecule has 0 aliphatic heterocycles. The van der Waals surface area contributed by atoms with Crippen molar-refractivity contribution in [2.24, 2.45) is 0 Å². The Morgan fingerprint density at radius 3 is 2.39 bits per heavy atom. The monoisotopic (exact) mass is 268 g/mol. The minimum Gasteiger partial charge on any atom is -0.381 e. The normalized spacial score (nSPS) is 9.72. The van der Waals surface area contributed by atoms with Gasteiger partial charge >= 0.3 is 0 Å². The fourth-order valence-corrected chi connectivity index (χ4v) is 2.26. The predicted octanol–water partition coefficient (Wildman–Crippen LogP) is 4.81. The Balaban J connectivity index is 0.00000137. The molecule has 0 atom stereocenters. The number of thioether (sulfide) groups is 1. The lowest BCUT2D eigenvalue weighted by molar-refractivity contribution is 0.138. The minimum absolute atomic E-state index is 0.850. The second-order valence-corrected chi connectivity index (χ2v) is 5.04. The zero-order chi connectivity index (χ0) is 13.5. The molecule has 0 amide bonds. The van der Waals surface area contributed by atoms with Gasteiger partial charge in [0.2, 0.25) is 0 Å². The molecule has 0 heterocycles. The van der Waals surface area contributed by atoms with Gasteiger partial charge in [-0.05, 0) is 36.3 Å². The number of benzene rings is 1. The number of hydrogen-bond donors (Lipinski definition) is 0. The summed E-state index contributed by atoms with van der Waals surface area (Å²) >= 11 is 2.03. The SMILES string of the molecule is CC.CCCSCCCOCCc1ccccc1. The molecule has 2 heteroatoms. The van der Waals surface area contributed by atoms with E-state index >= 15 is 0 Å². The second-order valence-electron chi connectivity index (χ2n) is 3.81. The minimum atomic E-state index is 0.850. The zero-order valence-electron chi connectivity index (χ0n) is 12.2. The van der Waals surface area contributed by atoms with E-state index in [0.29, 0.717) is 0 Å². The third-order valence-electron chi connectivity index (χ3n) is 2.30. The third kappa shape index (κ3) is 10.7. The standard InChI is InChI=1S/C14H22OS.C2H6/c1-2-12-16-13-6-10-15-11-9-14-7-4-3-5-8-14;1-2/h3-5,7-8H,2,6,9-13H2,1H3;1-2H3. The van der Waals surface area contributed by atoms with Gasteiger partial charge in [-0.1, -0.05) is 51.1 Å². The Hall–Kier alpha value is -0.470. The van der Waals surface area contributed by atoms with E-state index in [0.717, 1.165) is 19.6 Å². The first-order chi connectivity index (χ1) is 8.93. The van der Waals surface area contributed by atoms with Crippen LogP contribution in [0.1, 0.15) is 39.2 Å². The van der Waals surface area contributed by atoms with Gasteiger partial charge in [-0.3, -0.25) is 0 Å². The first-order valence-corrected chi connectivity index (χ1v) is 8.28. The van der Waals surface area contributed by atoms with Crippen LogP contribution in [0.15, 0.2) is 30.3 Å². The maximum atomic E-state index is 5.60. The molecule has 0 radical (unpaired) electrons. The Morgan fingerprint density at radius 1 is 1.00 bits per heavy atom. The van der Waals surface area contributed by atoms with Crippen LogP contribution in [0, 0.1) is 0 Å². The van der Waals surface area contributed by atoms with Gasteiger partial charge in [-0.15, -0.1) is 0 Å². The molecule has 1 rings (SSSR count). The fourth-order valence-electron chi connectivity index (χ4n) is 1.45. The van der Waals surface area contributed by atoms with Gasteiger partial charge in [0.15, 0.2) is 0 Å². The van der Waals surface area contributed by atoms with Crippen molar-refractivity contribution >= 4 is 11.8 Å². The van der Waals surface area contributed by atoms with E-state index < -0.39 is 0 Å². The molecule has 1 aromatic carbocycles. The number of ether oxygens (including phenoxy) is 1. The van der Waals surface area contributed by atoms with Crippen LogP contribution in [0.5, 0.6) is 0 Å². The molecule has 0 bridgehead atoms. The average molecular weight is 268 g/mol. The van der Waals surface area contributed by atoms with Crippen molar-refractivity contribution in [3.8, 4) is 0 Å². The van der Waals surface area contributed by atoms with Gasteiger partial charge < -0.3 is 4.74 Å². The van der Waals surface area contributed by atoms with Crippen LogP contribution in [0.2, 0.25) is 0 Å². The Labute approximate surface area is 117 Å². The largest absolute Gasteiger partial charge is 0.381 e. The number of hydrogen-bond acceptors (Lipinski definition) is 2. The van der Waals surface area contributed by atoms with Gasteiger partial charge in [-0.25, -0.2) is 0 Å². The molecule has 0 fully saturated rings. The van der Waals surface area contributed by atoms with Crippen molar-refractivity contribution in [1.82, 2.24) is 0 Å². The summed E-state index contributed by atoms with van der Waals surface area (Å²) in [4.78, 5) is 0. The highest BCUT2D eigenvalue weighted by atomic mass is 32.2. The predicted molar refractivity (Wildman–Crippen MR) is 84.5 cm³/mol. The molecule has 0 N–H and O–H groups in total. The molecule has 0 aromatic heterocycles. The fraction of sp³-hybridized carbons (Fsp3) is 0.625. The molecule has 0 unspecified atom stereocenters. The van der Waals surface area contributed by atoms with Gasteiger partial charge in [0, 0.05) is 6.61 Å². The van der Waals surface area contributed by atoms with E-state index in [2.05, 4.69) is 37.3 Å². The molecular formula is C16H28OS. The van der Waals surface area contributed by atoms with E-state index in [1.807, 2.05) is 25.6 Å². The van der Waals surface area contributed by atoms with Gasteiger partial charge in [0.1, 0.15) is 0 Å². The van der Waals surface area contributed by atoms with E-state index in [9.17, 15) is 0 Å². The van der Waals surface area contributed by atoms with Crippen molar-refractivity contribution in [3.05, 3.63) is 35.9 Å². The van der Waals surface area contributed by atoms with E-state index in [1.165, 1.54) is 29.9 Å². The quantitative estimate of drug-likeness (QED) is 0.595. The molecule has 18 heavy (non-hydrogen) atoms. The summed E-state index contributed by atoms with van der Waals surface area (Å²) in [5.41, 5.74) is 1.36. The van der Waals surface area contributed by atoms with Crippen LogP contribution >= 0.6 is 11.8 Å². The van der Waals surface area contributed by atoms with Crippen molar-refractivity contribution in [3.63, 3.8) is 0 Å². The maximum Gasteiger partial charge on any atom is 0.0506 e.